The fraction of sp³-hybridized carbons (Fsp3) is 0.917. The van der Waals surface area contributed by atoms with Gasteiger partial charge in [0.25, 0.3) is 0 Å². The van der Waals surface area contributed by atoms with E-state index in [0.29, 0.717) is 0 Å². The minimum Gasteiger partial charge on any atom is -0.443 e. The Kier molecular flexibility index (Phi) is 4.59. The molecule has 0 radical (unpaired) electrons. The van der Waals surface area contributed by atoms with Crippen molar-refractivity contribution in [1.29, 1.82) is 0 Å². The molecule has 0 spiro atoms. The summed E-state index contributed by atoms with van der Waals surface area (Å²) in [5, 5.41) is 12.5. The largest absolute Gasteiger partial charge is 0.443 e. The number of amides is 1. The Morgan fingerprint density at radius 3 is 2.50 bits per heavy atom. The zero-order valence-corrected chi connectivity index (χ0v) is 10.5. The zero-order valence-electron chi connectivity index (χ0n) is 10.5. The highest BCUT2D eigenvalue weighted by molar-refractivity contribution is 5.68. The molecule has 0 aromatic carbocycles. The van der Waals surface area contributed by atoms with Gasteiger partial charge in [-0.25, -0.2) is 4.79 Å². The number of nitrogens with one attached hydrogen (secondary N) is 1. The van der Waals surface area contributed by atoms with Crippen molar-refractivity contribution < 1.29 is 14.6 Å². The van der Waals surface area contributed by atoms with Crippen molar-refractivity contribution >= 4 is 6.09 Å². The Labute approximate surface area is 97.4 Å². The number of aliphatic hydroxyl groups is 1. The molecule has 4 nitrogen and oxygen atoms in total. The van der Waals surface area contributed by atoms with Gasteiger partial charge in [-0.1, -0.05) is 12.8 Å². The highest BCUT2D eigenvalue weighted by atomic mass is 16.6. The van der Waals surface area contributed by atoms with Crippen LogP contribution in [0.25, 0.3) is 0 Å². The van der Waals surface area contributed by atoms with Crippen molar-refractivity contribution in [1.82, 2.24) is 5.32 Å². The lowest BCUT2D eigenvalue weighted by Gasteiger charge is -2.25. The van der Waals surface area contributed by atoms with E-state index in [1.807, 2.05) is 20.8 Å². The van der Waals surface area contributed by atoms with Gasteiger partial charge in [0.1, 0.15) is 6.10 Å². The maximum absolute atomic E-state index is 11.5. The normalized spacial score (nSPS) is 27.0. The molecule has 0 aliphatic heterocycles. The van der Waals surface area contributed by atoms with Gasteiger partial charge in [0.05, 0.1) is 6.10 Å². The van der Waals surface area contributed by atoms with E-state index in [2.05, 4.69) is 5.32 Å². The summed E-state index contributed by atoms with van der Waals surface area (Å²) in [6.45, 7) is 5.70. The molecule has 0 heterocycles. The van der Waals surface area contributed by atoms with Crippen LogP contribution in [0.4, 0.5) is 4.79 Å². The van der Waals surface area contributed by atoms with Crippen molar-refractivity contribution in [3.63, 3.8) is 0 Å². The molecule has 0 unspecified atom stereocenters. The van der Waals surface area contributed by atoms with Gasteiger partial charge in [0.15, 0.2) is 0 Å². The third-order valence-corrected chi connectivity index (χ3v) is 2.65. The van der Waals surface area contributed by atoms with E-state index in [1.165, 1.54) is 0 Å². The number of ether oxygens (including phenoxy) is 1. The van der Waals surface area contributed by atoms with Gasteiger partial charge >= 0.3 is 6.09 Å². The molecule has 0 saturated heterocycles. The Morgan fingerprint density at radius 2 is 1.88 bits per heavy atom. The maximum atomic E-state index is 11.5. The molecule has 16 heavy (non-hydrogen) atoms. The molecule has 2 N–H and O–H groups in total. The van der Waals surface area contributed by atoms with E-state index in [0.717, 1.165) is 32.1 Å². The molecule has 2 atom stereocenters. The van der Waals surface area contributed by atoms with Crippen LogP contribution in [0.3, 0.4) is 0 Å². The van der Waals surface area contributed by atoms with Gasteiger partial charge in [-0.15, -0.1) is 0 Å². The molecule has 94 valence electrons. The number of alkyl carbamates (subject to hydrolysis) is 1. The van der Waals surface area contributed by atoms with Crippen molar-refractivity contribution in [2.75, 3.05) is 0 Å². The first-order chi connectivity index (χ1) is 7.38. The fourth-order valence-electron chi connectivity index (χ4n) is 1.86. The van der Waals surface area contributed by atoms with Gasteiger partial charge in [-0.3, -0.25) is 0 Å². The number of carbonyl (C=O) groups is 1. The third kappa shape index (κ3) is 4.84. The molecule has 1 rings (SSSR count). The first kappa shape index (κ1) is 13.3. The average molecular weight is 229 g/mol. The summed E-state index contributed by atoms with van der Waals surface area (Å²) in [5.41, 5.74) is -0.299. The van der Waals surface area contributed by atoms with E-state index in [1.54, 1.807) is 0 Å². The van der Waals surface area contributed by atoms with Crippen molar-refractivity contribution in [3.8, 4) is 0 Å². The average Bonchev–Trinajstić information content (AvgIpc) is 2.29. The second kappa shape index (κ2) is 5.53. The molecule has 1 aliphatic rings. The predicted molar refractivity (Wildman–Crippen MR) is 62.2 cm³/mol. The second-order valence-electron chi connectivity index (χ2n) is 5.52. The molecule has 1 fully saturated rings. The molecule has 0 aromatic heterocycles. The lowest BCUT2D eigenvalue weighted by Crippen LogP contribution is -2.44. The minimum absolute atomic E-state index is 0.299. The third-order valence-electron chi connectivity index (χ3n) is 2.65. The molecule has 1 saturated carbocycles. The molecule has 0 aromatic rings. The summed E-state index contributed by atoms with van der Waals surface area (Å²) in [7, 11) is 0. The van der Waals surface area contributed by atoms with Crippen LogP contribution in [-0.2, 0) is 4.74 Å². The summed E-state index contributed by atoms with van der Waals surface area (Å²) in [5.74, 6) is 0. The summed E-state index contributed by atoms with van der Waals surface area (Å²) < 4.78 is 5.26. The topological polar surface area (TPSA) is 58.6 Å². The van der Waals surface area contributed by atoms with Crippen molar-refractivity contribution in [2.24, 2.45) is 0 Å². The number of hydrogen-bond donors (Lipinski definition) is 2. The maximum Gasteiger partial charge on any atom is 0.407 e. The van der Waals surface area contributed by atoms with Gasteiger partial charge < -0.3 is 15.2 Å². The molecule has 4 heteroatoms. The standard InChI is InChI=1S/C12H23NO3/c1-12(2,3)13-11(15)16-10-8-6-4-5-7-9(10)14/h9-10,14H,4-8H2,1-3H3,(H,13,15)/t9-,10-/m0/s1. The number of carbonyl (C=O) groups excluding carboxylic acids is 1. The minimum atomic E-state index is -0.506. The van der Waals surface area contributed by atoms with Gasteiger partial charge in [-0.05, 0) is 40.0 Å². The van der Waals surface area contributed by atoms with Crippen LogP contribution >= 0.6 is 0 Å². The van der Waals surface area contributed by atoms with Crippen LogP contribution in [0.15, 0.2) is 0 Å². The van der Waals surface area contributed by atoms with Gasteiger partial charge in [-0.2, -0.15) is 0 Å². The van der Waals surface area contributed by atoms with E-state index >= 15 is 0 Å². The number of aliphatic hydroxyl groups excluding tert-OH is 1. The van der Waals surface area contributed by atoms with Crippen LogP contribution in [-0.4, -0.2) is 28.9 Å². The number of rotatable bonds is 1. The van der Waals surface area contributed by atoms with Crippen LogP contribution < -0.4 is 5.32 Å². The second-order valence-corrected chi connectivity index (χ2v) is 5.52. The SMILES string of the molecule is CC(C)(C)NC(=O)O[C@H]1CCCCC[C@@H]1O. The van der Waals surface area contributed by atoms with Gasteiger partial charge in [0.2, 0.25) is 0 Å². The Bertz CT molecular complexity index is 235. The van der Waals surface area contributed by atoms with Crippen LogP contribution in [0.1, 0.15) is 52.9 Å². The Balaban J connectivity index is 2.42. The van der Waals surface area contributed by atoms with E-state index < -0.39 is 12.2 Å². The zero-order chi connectivity index (χ0) is 12.2. The summed E-state index contributed by atoms with van der Waals surface area (Å²) >= 11 is 0. The molecule has 1 aliphatic carbocycles. The highest BCUT2D eigenvalue weighted by Gasteiger charge is 2.26. The molecule has 1 amide bonds. The lowest BCUT2D eigenvalue weighted by molar-refractivity contribution is -0.00270. The Hall–Kier alpha value is -0.770. The summed E-state index contributed by atoms with van der Waals surface area (Å²) in [6, 6.07) is 0. The van der Waals surface area contributed by atoms with Crippen molar-refractivity contribution in [3.05, 3.63) is 0 Å². The van der Waals surface area contributed by atoms with Crippen LogP contribution in [0.5, 0.6) is 0 Å². The first-order valence-corrected chi connectivity index (χ1v) is 6.05. The van der Waals surface area contributed by atoms with Crippen molar-refractivity contribution in [2.45, 2.75) is 70.6 Å². The molecule has 0 bridgehead atoms. The van der Waals surface area contributed by atoms with E-state index in [-0.39, 0.29) is 11.6 Å². The Morgan fingerprint density at radius 1 is 1.25 bits per heavy atom. The summed E-state index contributed by atoms with van der Waals surface area (Å²) in [6.07, 6.45) is 3.35. The van der Waals surface area contributed by atoms with Crippen LogP contribution in [0.2, 0.25) is 0 Å². The monoisotopic (exact) mass is 229 g/mol. The molecular formula is C12H23NO3. The summed E-state index contributed by atoms with van der Waals surface area (Å²) in [4.78, 5) is 11.5. The van der Waals surface area contributed by atoms with E-state index in [4.69, 9.17) is 4.74 Å². The number of hydrogen-bond acceptors (Lipinski definition) is 3. The molecular weight excluding hydrogens is 206 g/mol. The predicted octanol–water partition coefficient (Wildman–Crippen LogP) is 2.20. The highest BCUT2D eigenvalue weighted by Crippen LogP contribution is 2.20. The first-order valence-electron chi connectivity index (χ1n) is 6.05. The quantitative estimate of drug-likeness (QED) is 0.678. The lowest BCUT2D eigenvalue weighted by atomic mass is 10.1. The van der Waals surface area contributed by atoms with Crippen LogP contribution in [0, 0.1) is 0 Å². The fourth-order valence-corrected chi connectivity index (χ4v) is 1.86. The van der Waals surface area contributed by atoms with Gasteiger partial charge in [0, 0.05) is 5.54 Å². The smallest absolute Gasteiger partial charge is 0.407 e. The van der Waals surface area contributed by atoms with E-state index in [9.17, 15) is 9.90 Å².